The van der Waals surface area contributed by atoms with Gasteiger partial charge in [0, 0.05) is 4.88 Å². The van der Waals surface area contributed by atoms with Gasteiger partial charge in [0.15, 0.2) is 5.16 Å². The van der Waals surface area contributed by atoms with Crippen LogP contribution >= 0.6 is 23.1 Å². The Morgan fingerprint density at radius 1 is 1.21 bits per heavy atom. The standard InChI is InChI=1S/C22H24N2O3S2/c1-13(25)14(2)28-22-23-20-19(17-7-5-4-6-8-18(17)29-20)21(26)24(22)15-9-11-16(27-3)12-10-15/h9-12,14H,4-8H2,1-3H3. The second-order valence-electron chi connectivity index (χ2n) is 7.35. The monoisotopic (exact) mass is 428 g/mol. The number of ketones is 1. The number of aromatic nitrogens is 2. The highest BCUT2D eigenvalue weighted by Gasteiger charge is 2.23. The van der Waals surface area contributed by atoms with Crippen LogP contribution in [-0.4, -0.2) is 27.7 Å². The lowest BCUT2D eigenvalue weighted by molar-refractivity contribution is -0.116. The van der Waals surface area contributed by atoms with Crippen LogP contribution in [-0.2, 0) is 17.6 Å². The van der Waals surface area contributed by atoms with Crippen molar-refractivity contribution in [1.82, 2.24) is 9.55 Å². The molecule has 2 heterocycles. The fourth-order valence-electron chi connectivity index (χ4n) is 3.64. The summed E-state index contributed by atoms with van der Waals surface area (Å²) < 4.78 is 6.91. The van der Waals surface area contributed by atoms with Gasteiger partial charge in [-0.2, -0.15) is 0 Å². The number of aryl methyl sites for hydroxylation is 2. The first-order chi connectivity index (χ1) is 14.0. The van der Waals surface area contributed by atoms with Gasteiger partial charge in [-0.25, -0.2) is 4.98 Å². The molecule has 0 fully saturated rings. The molecule has 0 N–H and O–H groups in total. The van der Waals surface area contributed by atoms with Crippen LogP contribution in [0.1, 0.15) is 43.6 Å². The summed E-state index contributed by atoms with van der Waals surface area (Å²) in [6.45, 7) is 3.42. The maximum atomic E-state index is 13.7. The van der Waals surface area contributed by atoms with Crippen LogP contribution < -0.4 is 10.3 Å². The molecule has 7 heteroatoms. The number of ether oxygens (including phenoxy) is 1. The van der Waals surface area contributed by atoms with Crippen LogP contribution in [0.15, 0.2) is 34.2 Å². The van der Waals surface area contributed by atoms with Gasteiger partial charge in [0.05, 0.1) is 23.4 Å². The summed E-state index contributed by atoms with van der Waals surface area (Å²) in [6.07, 6.45) is 5.43. The normalized spacial score (nSPS) is 15.0. The molecule has 1 aromatic carbocycles. The van der Waals surface area contributed by atoms with Gasteiger partial charge < -0.3 is 4.74 Å². The summed E-state index contributed by atoms with van der Waals surface area (Å²) in [5, 5.41) is 1.04. The zero-order chi connectivity index (χ0) is 20.5. The molecule has 29 heavy (non-hydrogen) atoms. The lowest BCUT2D eigenvalue weighted by Crippen LogP contribution is -2.23. The molecule has 1 unspecified atom stereocenters. The lowest BCUT2D eigenvalue weighted by Gasteiger charge is -2.15. The number of rotatable bonds is 5. The van der Waals surface area contributed by atoms with E-state index in [-0.39, 0.29) is 16.6 Å². The fraction of sp³-hybridized carbons (Fsp3) is 0.409. The Kier molecular flexibility index (Phi) is 5.79. The van der Waals surface area contributed by atoms with Crippen molar-refractivity contribution >= 4 is 39.1 Å². The predicted octanol–water partition coefficient (Wildman–Crippen LogP) is 4.79. The fourth-order valence-corrected chi connectivity index (χ4v) is 5.87. The molecule has 1 atom stereocenters. The number of carbonyl (C=O) groups excluding carboxylic acids is 1. The molecule has 0 spiro atoms. The predicted molar refractivity (Wildman–Crippen MR) is 119 cm³/mol. The van der Waals surface area contributed by atoms with E-state index in [1.165, 1.54) is 28.6 Å². The summed E-state index contributed by atoms with van der Waals surface area (Å²) in [5.41, 5.74) is 1.87. The molecule has 0 aliphatic heterocycles. The van der Waals surface area contributed by atoms with Crippen molar-refractivity contribution < 1.29 is 9.53 Å². The number of Topliss-reactive ketones (excluding diaryl/α,β-unsaturated/α-hetero) is 1. The highest BCUT2D eigenvalue weighted by molar-refractivity contribution is 8.00. The molecule has 152 valence electrons. The van der Waals surface area contributed by atoms with Gasteiger partial charge in [-0.15, -0.1) is 11.3 Å². The zero-order valence-corrected chi connectivity index (χ0v) is 18.5. The Morgan fingerprint density at radius 3 is 2.62 bits per heavy atom. The maximum absolute atomic E-state index is 13.7. The maximum Gasteiger partial charge on any atom is 0.267 e. The molecule has 4 rings (SSSR count). The minimum absolute atomic E-state index is 0.0437. The topological polar surface area (TPSA) is 61.2 Å². The molecule has 5 nitrogen and oxygen atoms in total. The molecule has 0 saturated carbocycles. The average molecular weight is 429 g/mol. The third kappa shape index (κ3) is 3.85. The molecule has 1 aliphatic carbocycles. The van der Waals surface area contributed by atoms with Gasteiger partial charge >= 0.3 is 0 Å². The molecule has 3 aromatic rings. The second kappa shape index (κ2) is 8.32. The van der Waals surface area contributed by atoms with Crippen molar-refractivity contribution in [2.45, 2.75) is 56.4 Å². The van der Waals surface area contributed by atoms with E-state index in [1.54, 1.807) is 29.9 Å². The number of carbonyl (C=O) groups is 1. The molecule has 1 aliphatic rings. The van der Waals surface area contributed by atoms with E-state index in [9.17, 15) is 9.59 Å². The van der Waals surface area contributed by atoms with Gasteiger partial charge in [0.2, 0.25) is 0 Å². The smallest absolute Gasteiger partial charge is 0.267 e. The van der Waals surface area contributed by atoms with Crippen molar-refractivity contribution in [3.05, 3.63) is 45.1 Å². The summed E-state index contributed by atoms with van der Waals surface area (Å²) >= 11 is 2.98. The Morgan fingerprint density at radius 2 is 1.93 bits per heavy atom. The first-order valence-electron chi connectivity index (χ1n) is 9.88. The van der Waals surface area contributed by atoms with E-state index in [1.807, 2.05) is 31.2 Å². The van der Waals surface area contributed by atoms with Gasteiger partial charge in [0.25, 0.3) is 5.56 Å². The van der Waals surface area contributed by atoms with Crippen molar-refractivity contribution in [3.8, 4) is 11.4 Å². The van der Waals surface area contributed by atoms with Crippen molar-refractivity contribution in [2.24, 2.45) is 0 Å². The summed E-state index contributed by atoms with van der Waals surface area (Å²) in [6, 6.07) is 7.40. The van der Waals surface area contributed by atoms with Crippen LogP contribution in [0.3, 0.4) is 0 Å². The molecule has 0 bridgehead atoms. The lowest BCUT2D eigenvalue weighted by atomic mass is 10.1. The molecular weight excluding hydrogens is 404 g/mol. The third-order valence-electron chi connectivity index (χ3n) is 5.39. The van der Waals surface area contributed by atoms with Gasteiger partial charge in [-0.3, -0.25) is 14.2 Å². The van der Waals surface area contributed by atoms with Crippen LogP contribution in [0.25, 0.3) is 15.9 Å². The Balaban J connectivity index is 1.95. The number of hydrogen-bond acceptors (Lipinski definition) is 6. The first-order valence-corrected chi connectivity index (χ1v) is 11.6. The summed E-state index contributed by atoms with van der Waals surface area (Å²) in [4.78, 5) is 32.5. The summed E-state index contributed by atoms with van der Waals surface area (Å²) in [5.74, 6) is 0.791. The van der Waals surface area contributed by atoms with E-state index in [2.05, 4.69) is 0 Å². The zero-order valence-electron chi connectivity index (χ0n) is 16.9. The van der Waals surface area contributed by atoms with E-state index < -0.39 is 0 Å². The molecular formula is C22H24N2O3S2. The highest BCUT2D eigenvalue weighted by Crippen LogP contribution is 2.35. The third-order valence-corrected chi connectivity index (χ3v) is 7.75. The van der Waals surface area contributed by atoms with E-state index in [4.69, 9.17) is 9.72 Å². The largest absolute Gasteiger partial charge is 0.497 e. The van der Waals surface area contributed by atoms with Crippen LogP contribution in [0.5, 0.6) is 5.75 Å². The highest BCUT2D eigenvalue weighted by atomic mass is 32.2. The number of thiophene rings is 1. The van der Waals surface area contributed by atoms with Crippen LogP contribution in [0.4, 0.5) is 0 Å². The number of fused-ring (bicyclic) bond motifs is 3. The van der Waals surface area contributed by atoms with Crippen molar-refractivity contribution in [2.75, 3.05) is 7.11 Å². The van der Waals surface area contributed by atoms with Gasteiger partial charge in [-0.1, -0.05) is 18.2 Å². The molecule has 2 aromatic heterocycles. The average Bonchev–Trinajstić information content (AvgIpc) is 2.89. The van der Waals surface area contributed by atoms with Gasteiger partial charge in [0.1, 0.15) is 16.4 Å². The summed E-state index contributed by atoms with van der Waals surface area (Å²) in [7, 11) is 1.62. The minimum Gasteiger partial charge on any atom is -0.497 e. The molecule has 0 saturated heterocycles. The number of methoxy groups -OCH3 is 1. The van der Waals surface area contributed by atoms with Gasteiger partial charge in [-0.05, 0) is 69.4 Å². The number of nitrogens with zero attached hydrogens (tertiary/aromatic N) is 2. The number of benzene rings is 1. The first kappa shape index (κ1) is 20.2. The van der Waals surface area contributed by atoms with E-state index >= 15 is 0 Å². The SMILES string of the molecule is COc1ccc(-n2c(SC(C)C(C)=O)nc3sc4c(c3c2=O)CCCCC4)cc1. The van der Waals surface area contributed by atoms with Crippen LogP contribution in [0.2, 0.25) is 0 Å². The van der Waals surface area contributed by atoms with E-state index in [0.717, 1.165) is 47.3 Å². The second-order valence-corrected chi connectivity index (χ2v) is 9.74. The Bertz CT molecular complexity index is 1120. The minimum atomic E-state index is -0.276. The Hall–Kier alpha value is -2.12. The van der Waals surface area contributed by atoms with E-state index in [0.29, 0.717) is 5.16 Å². The van der Waals surface area contributed by atoms with Crippen LogP contribution in [0, 0.1) is 0 Å². The number of thioether (sulfide) groups is 1. The van der Waals surface area contributed by atoms with Crippen molar-refractivity contribution in [3.63, 3.8) is 0 Å². The molecule has 0 amide bonds. The number of hydrogen-bond donors (Lipinski definition) is 0. The quantitative estimate of drug-likeness (QED) is 0.332. The Labute approximate surface area is 178 Å². The molecule has 0 radical (unpaired) electrons. The van der Waals surface area contributed by atoms with Crippen molar-refractivity contribution in [1.29, 1.82) is 0 Å².